The molecule has 2 N–H and O–H groups in total. The molecule has 0 amide bonds. The predicted molar refractivity (Wildman–Crippen MR) is 86.5 cm³/mol. The molecule has 1 aliphatic heterocycles. The molecule has 0 saturated carbocycles. The number of anilines is 1. The van der Waals surface area contributed by atoms with E-state index in [1.165, 1.54) is 16.7 Å². The number of aryl methyl sites for hydroxylation is 1. The molecule has 3 rings (SSSR count). The Morgan fingerprint density at radius 1 is 1.19 bits per heavy atom. The molecule has 21 heavy (non-hydrogen) atoms. The van der Waals surface area contributed by atoms with Crippen molar-refractivity contribution in [1.82, 2.24) is 4.90 Å². The summed E-state index contributed by atoms with van der Waals surface area (Å²) in [6, 6.07) is 14.5. The van der Waals surface area contributed by atoms with Gasteiger partial charge in [-0.05, 0) is 43.3 Å². The van der Waals surface area contributed by atoms with E-state index >= 15 is 0 Å². The molecular weight excluding hydrogens is 260 g/mol. The number of nitrogens with two attached hydrogens (primary N) is 1. The number of likely N-dealkylation sites (N-methyl/N-ethyl adjacent to an activating group) is 1. The van der Waals surface area contributed by atoms with Crippen LogP contribution in [0.15, 0.2) is 42.5 Å². The molecule has 3 nitrogen and oxygen atoms in total. The predicted octanol–water partition coefficient (Wildman–Crippen LogP) is 3.01. The van der Waals surface area contributed by atoms with E-state index in [1.807, 2.05) is 12.1 Å². The van der Waals surface area contributed by atoms with E-state index in [1.54, 1.807) is 0 Å². The maximum absolute atomic E-state index is 6.03. The molecule has 1 heterocycles. The Morgan fingerprint density at radius 3 is 2.71 bits per heavy atom. The summed E-state index contributed by atoms with van der Waals surface area (Å²) in [5, 5.41) is 0. The van der Waals surface area contributed by atoms with Crippen LogP contribution in [0.25, 0.3) is 0 Å². The second kappa shape index (κ2) is 5.78. The van der Waals surface area contributed by atoms with Crippen molar-refractivity contribution in [2.45, 2.75) is 26.0 Å². The third kappa shape index (κ3) is 3.37. The number of benzene rings is 2. The van der Waals surface area contributed by atoms with Gasteiger partial charge in [-0.15, -0.1) is 0 Å². The van der Waals surface area contributed by atoms with Gasteiger partial charge in [-0.1, -0.05) is 29.8 Å². The minimum atomic E-state index is 0.251. The Labute approximate surface area is 126 Å². The quantitative estimate of drug-likeness (QED) is 0.876. The minimum absolute atomic E-state index is 0.251. The van der Waals surface area contributed by atoms with Crippen molar-refractivity contribution in [3.05, 3.63) is 59.2 Å². The molecule has 0 aromatic heterocycles. The van der Waals surface area contributed by atoms with E-state index in [-0.39, 0.29) is 6.10 Å². The molecule has 0 radical (unpaired) electrons. The fraction of sp³-hybridized carbons (Fsp3) is 0.333. The highest BCUT2D eigenvalue weighted by atomic mass is 16.5. The van der Waals surface area contributed by atoms with Gasteiger partial charge >= 0.3 is 0 Å². The van der Waals surface area contributed by atoms with Crippen LogP contribution in [-0.4, -0.2) is 24.6 Å². The lowest BCUT2D eigenvalue weighted by Gasteiger charge is -2.20. The van der Waals surface area contributed by atoms with Gasteiger partial charge in [-0.2, -0.15) is 0 Å². The molecule has 1 unspecified atom stereocenters. The van der Waals surface area contributed by atoms with E-state index in [0.29, 0.717) is 0 Å². The van der Waals surface area contributed by atoms with Crippen LogP contribution in [0.1, 0.15) is 16.7 Å². The summed E-state index contributed by atoms with van der Waals surface area (Å²) >= 11 is 0. The number of fused-ring (bicyclic) bond motifs is 1. The standard InChI is InChI=1S/C18H22N2O/c1-13-3-8-18-15(9-13)10-17(21-18)12-20(2)11-14-4-6-16(19)7-5-14/h3-9,17H,10-12,19H2,1-2H3. The first kappa shape index (κ1) is 14.0. The van der Waals surface area contributed by atoms with Crippen molar-refractivity contribution >= 4 is 5.69 Å². The SMILES string of the molecule is Cc1ccc2c(c1)CC(CN(C)Cc1ccc(N)cc1)O2. The fourth-order valence-corrected chi connectivity index (χ4v) is 2.90. The number of nitrogens with zero attached hydrogens (tertiary/aromatic N) is 1. The highest BCUT2D eigenvalue weighted by molar-refractivity contribution is 5.40. The van der Waals surface area contributed by atoms with Gasteiger partial charge in [-0.25, -0.2) is 0 Å². The lowest BCUT2D eigenvalue weighted by atomic mass is 10.1. The van der Waals surface area contributed by atoms with Crippen LogP contribution in [0.2, 0.25) is 0 Å². The Balaban J connectivity index is 1.57. The highest BCUT2D eigenvalue weighted by Gasteiger charge is 2.23. The number of rotatable bonds is 4. The maximum Gasteiger partial charge on any atom is 0.123 e. The number of hydrogen-bond acceptors (Lipinski definition) is 3. The van der Waals surface area contributed by atoms with Crippen molar-refractivity contribution in [2.75, 3.05) is 19.3 Å². The molecule has 2 aromatic carbocycles. The van der Waals surface area contributed by atoms with Gasteiger partial charge in [0.05, 0.1) is 0 Å². The van der Waals surface area contributed by atoms with E-state index in [4.69, 9.17) is 10.5 Å². The van der Waals surface area contributed by atoms with Gasteiger partial charge < -0.3 is 10.5 Å². The molecule has 1 aliphatic rings. The normalized spacial score (nSPS) is 16.8. The fourth-order valence-electron chi connectivity index (χ4n) is 2.90. The highest BCUT2D eigenvalue weighted by Crippen LogP contribution is 2.29. The van der Waals surface area contributed by atoms with Gasteiger partial charge in [0.2, 0.25) is 0 Å². The number of nitrogen functional groups attached to an aromatic ring is 1. The molecule has 0 saturated heterocycles. The average Bonchev–Trinajstić information content (AvgIpc) is 2.82. The molecule has 1 atom stereocenters. The molecule has 0 bridgehead atoms. The van der Waals surface area contributed by atoms with Crippen molar-refractivity contribution in [3.8, 4) is 5.75 Å². The summed E-state index contributed by atoms with van der Waals surface area (Å²) in [6.45, 7) is 3.97. The first-order chi connectivity index (χ1) is 10.1. The Bertz CT molecular complexity index is 622. The summed E-state index contributed by atoms with van der Waals surface area (Å²) in [7, 11) is 2.13. The summed E-state index contributed by atoms with van der Waals surface area (Å²) in [5.41, 5.74) is 10.4. The average molecular weight is 282 g/mol. The van der Waals surface area contributed by atoms with Crippen molar-refractivity contribution in [3.63, 3.8) is 0 Å². The van der Waals surface area contributed by atoms with E-state index < -0.39 is 0 Å². The van der Waals surface area contributed by atoms with Crippen molar-refractivity contribution in [1.29, 1.82) is 0 Å². The van der Waals surface area contributed by atoms with Crippen LogP contribution in [-0.2, 0) is 13.0 Å². The number of ether oxygens (including phenoxy) is 1. The van der Waals surface area contributed by atoms with Crippen LogP contribution in [0, 0.1) is 6.92 Å². The Hall–Kier alpha value is -2.00. The third-order valence-electron chi connectivity index (χ3n) is 3.90. The molecule has 0 spiro atoms. The summed E-state index contributed by atoms with van der Waals surface area (Å²) in [6.07, 6.45) is 1.25. The largest absolute Gasteiger partial charge is 0.488 e. The zero-order valence-corrected chi connectivity index (χ0v) is 12.7. The molecule has 3 heteroatoms. The first-order valence-electron chi connectivity index (χ1n) is 7.39. The van der Waals surface area contributed by atoms with Crippen LogP contribution in [0.5, 0.6) is 5.75 Å². The van der Waals surface area contributed by atoms with E-state index in [0.717, 1.165) is 30.9 Å². The summed E-state index contributed by atoms with van der Waals surface area (Å²) in [4.78, 5) is 2.30. The van der Waals surface area contributed by atoms with Crippen LogP contribution in [0.4, 0.5) is 5.69 Å². The number of hydrogen-bond donors (Lipinski definition) is 1. The lowest BCUT2D eigenvalue weighted by molar-refractivity contribution is 0.165. The molecule has 2 aromatic rings. The maximum atomic E-state index is 6.03. The smallest absolute Gasteiger partial charge is 0.123 e. The van der Waals surface area contributed by atoms with Crippen LogP contribution < -0.4 is 10.5 Å². The molecule has 0 aliphatic carbocycles. The second-order valence-electron chi connectivity index (χ2n) is 5.99. The van der Waals surface area contributed by atoms with Crippen LogP contribution in [0.3, 0.4) is 0 Å². The first-order valence-corrected chi connectivity index (χ1v) is 7.39. The third-order valence-corrected chi connectivity index (χ3v) is 3.90. The van der Waals surface area contributed by atoms with Gasteiger partial charge in [-0.3, -0.25) is 4.90 Å². The monoisotopic (exact) mass is 282 g/mol. The van der Waals surface area contributed by atoms with Gasteiger partial charge in [0.1, 0.15) is 11.9 Å². The second-order valence-corrected chi connectivity index (χ2v) is 5.99. The summed E-state index contributed by atoms with van der Waals surface area (Å²) < 4.78 is 6.03. The van der Waals surface area contributed by atoms with Crippen LogP contribution >= 0.6 is 0 Å². The Morgan fingerprint density at radius 2 is 1.95 bits per heavy atom. The van der Waals surface area contributed by atoms with E-state index in [9.17, 15) is 0 Å². The van der Waals surface area contributed by atoms with Crippen molar-refractivity contribution < 1.29 is 4.74 Å². The summed E-state index contributed by atoms with van der Waals surface area (Å²) in [5.74, 6) is 1.05. The van der Waals surface area contributed by atoms with Gasteiger partial charge in [0.25, 0.3) is 0 Å². The van der Waals surface area contributed by atoms with Gasteiger partial charge in [0, 0.05) is 25.2 Å². The topological polar surface area (TPSA) is 38.5 Å². The molecule has 0 fully saturated rings. The Kier molecular flexibility index (Phi) is 3.84. The minimum Gasteiger partial charge on any atom is -0.488 e. The van der Waals surface area contributed by atoms with Gasteiger partial charge in [0.15, 0.2) is 0 Å². The molecule has 110 valence electrons. The lowest BCUT2D eigenvalue weighted by Crippen LogP contribution is -2.31. The zero-order valence-electron chi connectivity index (χ0n) is 12.7. The van der Waals surface area contributed by atoms with E-state index in [2.05, 4.69) is 49.2 Å². The molecular formula is C18H22N2O. The van der Waals surface area contributed by atoms with Crippen molar-refractivity contribution in [2.24, 2.45) is 0 Å². The zero-order chi connectivity index (χ0) is 14.8.